The van der Waals surface area contributed by atoms with Crippen molar-refractivity contribution in [2.75, 3.05) is 16.0 Å². The van der Waals surface area contributed by atoms with Crippen molar-refractivity contribution in [3.63, 3.8) is 0 Å². The number of carbonyl (C=O) groups is 2. The van der Waals surface area contributed by atoms with Crippen LogP contribution >= 0.6 is 11.3 Å². The van der Waals surface area contributed by atoms with Gasteiger partial charge in [-0.25, -0.2) is 14.8 Å². The standard InChI is InChI=1S/C19H22N6O3S/c1-10-6-7-12(22-18(27)28-19(3,4)5)8-13(10)23-16-20-9-14-15(25-16)29-17(24-14)21-11(2)26/h6-9H,1-5H3,(H,22,27)(H,20,23,25)(H,21,24,26). The molecular formula is C19H22N6O3S. The number of thiazole rings is 1. The zero-order valence-electron chi connectivity index (χ0n) is 16.8. The normalized spacial score (nSPS) is 11.2. The third kappa shape index (κ3) is 5.61. The zero-order valence-corrected chi connectivity index (χ0v) is 17.6. The Morgan fingerprint density at radius 1 is 1.14 bits per heavy atom. The molecule has 152 valence electrons. The first kappa shape index (κ1) is 20.5. The van der Waals surface area contributed by atoms with E-state index in [-0.39, 0.29) is 5.91 Å². The van der Waals surface area contributed by atoms with Gasteiger partial charge in [-0.1, -0.05) is 17.4 Å². The average Bonchev–Trinajstić information content (AvgIpc) is 2.96. The number of nitrogens with one attached hydrogen (secondary N) is 3. The highest BCUT2D eigenvalue weighted by atomic mass is 32.1. The second-order valence-electron chi connectivity index (χ2n) is 7.37. The Balaban J connectivity index is 1.78. The fraction of sp³-hybridized carbons (Fsp3) is 0.316. The van der Waals surface area contributed by atoms with Gasteiger partial charge in [0.05, 0.1) is 6.20 Å². The van der Waals surface area contributed by atoms with Crippen LogP contribution in [0.3, 0.4) is 0 Å². The van der Waals surface area contributed by atoms with Crippen LogP contribution in [-0.2, 0) is 9.53 Å². The summed E-state index contributed by atoms with van der Waals surface area (Å²) < 4.78 is 5.28. The predicted octanol–water partition coefficient (Wildman–Crippen LogP) is 4.44. The van der Waals surface area contributed by atoms with E-state index in [0.29, 0.717) is 27.1 Å². The number of ether oxygens (including phenoxy) is 1. The first-order chi connectivity index (χ1) is 13.6. The number of aromatic nitrogens is 3. The lowest BCUT2D eigenvalue weighted by Gasteiger charge is -2.20. The fourth-order valence-corrected chi connectivity index (χ4v) is 3.23. The minimum absolute atomic E-state index is 0.194. The Hall–Kier alpha value is -3.27. The Morgan fingerprint density at radius 2 is 1.90 bits per heavy atom. The van der Waals surface area contributed by atoms with E-state index < -0.39 is 11.7 Å². The number of rotatable bonds is 4. The van der Waals surface area contributed by atoms with Gasteiger partial charge in [0.2, 0.25) is 11.9 Å². The van der Waals surface area contributed by atoms with Crippen molar-refractivity contribution in [3.8, 4) is 0 Å². The summed E-state index contributed by atoms with van der Waals surface area (Å²) in [5.41, 5.74) is 2.29. The molecule has 29 heavy (non-hydrogen) atoms. The maximum atomic E-state index is 12.0. The van der Waals surface area contributed by atoms with Gasteiger partial charge in [0.25, 0.3) is 0 Å². The molecule has 3 rings (SSSR count). The molecule has 0 bridgehead atoms. The topological polar surface area (TPSA) is 118 Å². The number of benzene rings is 1. The Labute approximate surface area is 171 Å². The predicted molar refractivity (Wildman–Crippen MR) is 114 cm³/mol. The molecule has 3 aromatic rings. The summed E-state index contributed by atoms with van der Waals surface area (Å²) in [4.78, 5) is 36.8. The van der Waals surface area contributed by atoms with Crippen LogP contribution in [0.5, 0.6) is 0 Å². The van der Waals surface area contributed by atoms with Gasteiger partial charge in [-0.05, 0) is 45.4 Å². The van der Waals surface area contributed by atoms with E-state index in [0.717, 1.165) is 11.3 Å². The molecule has 0 radical (unpaired) electrons. The van der Waals surface area contributed by atoms with Crippen molar-refractivity contribution in [1.29, 1.82) is 0 Å². The number of aryl methyl sites for hydroxylation is 1. The van der Waals surface area contributed by atoms with Crippen LogP contribution < -0.4 is 16.0 Å². The van der Waals surface area contributed by atoms with E-state index in [2.05, 4.69) is 30.9 Å². The van der Waals surface area contributed by atoms with Crippen LogP contribution in [0, 0.1) is 6.92 Å². The number of hydrogen-bond donors (Lipinski definition) is 3. The van der Waals surface area contributed by atoms with E-state index in [9.17, 15) is 9.59 Å². The van der Waals surface area contributed by atoms with E-state index in [1.54, 1.807) is 39.1 Å². The third-order valence-corrected chi connectivity index (χ3v) is 4.44. The second-order valence-corrected chi connectivity index (χ2v) is 8.34. The first-order valence-electron chi connectivity index (χ1n) is 8.88. The monoisotopic (exact) mass is 414 g/mol. The van der Waals surface area contributed by atoms with Crippen LogP contribution in [0.25, 0.3) is 10.3 Å². The Morgan fingerprint density at radius 3 is 2.59 bits per heavy atom. The molecule has 0 unspecified atom stereocenters. The summed E-state index contributed by atoms with van der Waals surface area (Å²) in [7, 11) is 0. The van der Waals surface area contributed by atoms with Gasteiger partial charge in [-0.15, -0.1) is 0 Å². The molecule has 9 nitrogen and oxygen atoms in total. The molecule has 0 spiro atoms. The van der Waals surface area contributed by atoms with Crippen molar-refractivity contribution in [2.45, 2.75) is 40.2 Å². The number of carbonyl (C=O) groups excluding carboxylic acids is 2. The highest BCUT2D eigenvalue weighted by Crippen LogP contribution is 2.27. The lowest BCUT2D eigenvalue weighted by Crippen LogP contribution is -2.27. The van der Waals surface area contributed by atoms with Crippen LogP contribution in [0.4, 0.5) is 27.2 Å². The lowest BCUT2D eigenvalue weighted by atomic mass is 10.2. The van der Waals surface area contributed by atoms with Crippen LogP contribution in [-0.4, -0.2) is 32.6 Å². The molecule has 2 amide bonds. The van der Waals surface area contributed by atoms with Gasteiger partial charge in [0, 0.05) is 18.3 Å². The fourth-order valence-electron chi connectivity index (χ4n) is 2.38. The third-order valence-electron chi connectivity index (χ3n) is 3.56. The van der Waals surface area contributed by atoms with Crippen molar-refractivity contribution < 1.29 is 14.3 Å². The number of nitrogens with zero attached hydrogens (tertiary/aromatic N) is 3. The van der Waals surface area contributed by atoms with E-state index in [1.165, 1.54) is 18.3 Å². The molecule has 0 saturated heterocycles. The van der Waals surface area contributed by atoms with Gasteiger partial charge in [0.1, 0.15) is 11.1 Å². The van der Waals surface area contributed by atoms with Crippen molar-refractivity contribution >= 4 is 56.1 Å². The maximum absolute atomic E-state index is 12.0. The minimum Gasteiger partial charge on any atom is -0.444 e. The van der Waals surface area contributed by atoms with E-state index >= 15 is 0 Å². The smallest absolute Gasteiger partial charge is 0.412 e. The van der Waals surface area contributed by atoms with Crippen molar-refractivity contribution in [1.82, 2.24) is 15.0 Å². The summed E-state index contributed by atoms with van der Waals surface area (Å²) in [5.74, 6) is 0.188. The summed E-state index contributed by atoms with van der Waals surface area (Å²) in [6.45, 7) is 8.77. The molecule has 3 N–H and O–H groups in total. The molecule has 0 aliphatic rings. The average molecular weight is 414 g/mol. The molecule has 2 heterocycles. The molecule has 0 saturated carbocycles. The van der Waals surface area contributed by atoms with E-state index in [4.69, 9.17) is 4.74 Å². The number of amides is 2. The molecule has 0 aliphatic heterocycles. The zero-order chi connectivity index (χ0) is 21.2. The Bertz CT molecular complexity index is 1070. The summed E-state index contributed by atoms with van der Waals surface area (Å²) >= 11 is 1.26. The highest BCUT2D eigenvalue weighted by molar-refractivity contribution is 7.21. The molecule has 1 aromatic carbocycles. The molecule has 10 heteroatoms. The largest absolute Gasteiger partial charge is 0.444 e. The lowest BCUT2D eigenvalue weighted by molar-refractivity contribution is -0.114. The number of hydrogen-bond acceptors (Lipinski definition) is 8. The first-order valence-corrected chi connectivity index (χ1v) is 9.69. The Kier molecular flexibility index (Phi) is 5.64. The summed E-state index contributed by atoms with van der Waals surface area (Å²) in [5, 5.41) is 8.98. The van der Waals surface area contributed by atoms with Gasteiger partial charge < -0.3 is 15.4 Å². The van der Waals surface area contributed by atoms with Crippen LogP contribution in [0.1, 0.15) is 33.3 Å². The molecule has 0 aliphatic carbocycles. The molecule has 0 fully saturated rings. The van der Waals surface area contributed by atoms with Crippen LogP contribution in [0.15, 0.2) is 24.4 Å². The van der Waals surface area contributed by atoms with Gasteiger partial charge in [-0.2, -0.15) is 4.98 Å². The maximum Gasteiger partial charge on any atom is 0.412 e. The van der Waals surface area contributed by atoms with Crippen molar-refractivity contribution in [2.24, 2.45) is 0 Å². The second kappa shape index (κ2) is 8.00. The van der Waals surface area contributed by atoms with E-state index in [1.807, 2.05) is 13.0 Å². The van der Waals surface area contributed by atoms with Gasteiger partial charge in [0.15, 0.2) is 9.96 Å². The number of fused-ring (bicyclic) bond motifs is 1. The summed E-state index contributed by atoms with van der Waals surface area (Å²) in [6.07, 6.45) is 1.06. The SMILES string of the molecule is CC(=O)Nc1nc2cnc(Nc3cc(NC(=O)OC(C)(C)C)ccc3C)nc2s1. The van der Waals surface area contributed by atoms with Crippen molar-refractivity contribution in [3.05, 3.63) is 30.0 Å². The highest BCUT2D eigenvalue weighted by Gasteiger charge is 2.16. The number of anilines is 4. The summed E-state index contributed by atoms with van der Waals surface area (Å²) in [6, 6.07) is 5.44. The minimum atomic E-state index is -0.579. The quantitative estimate of drug-likeness (QED) is 0.577. The molecular weight excluding hydrogens is 392 g/mol. The molecule has 2 aromatic heterocycles. The van der Waals surface area contributed by atoms with Gasteiger partial charge >= 0.3 is 6.09 Å². The molecule has 0 atom stereocenters. The van der Waals surface area contributed by atoms with Gasteiger partial charge in [-0.3, -0.25) is 10.1 Å². The van der Waals surface area contributed by atoms with Crippen LogP contribution in [0.2, 0.25) is 0 Å².